The van der Waals surface area contributed by atoms with E-state index in [1.807, 2.05) is 37.3 Å². The fourth-order valence-electron chi connectivity index (χ4n) is 1.93. The molecule has 0 saturated carbocycles. The van der Waals surface area contributed by atoms with Crippen LogP contribution in [0.2, 0.25) is 0 Å². The summed E-state index contributed by atoms with van der Waals surface area (Å²) in [6.45, 7) is 10.2. The third-order valence-electron chi connectivity index (χ3n) is 2.87. The number of hydrogen-bond acceptors (Lipinski definition) is 5. The highest BCUT2D eigenvalue weighted by Gasteiger charge is 2.14. The monoisotopic (exact) mass is 316 g/mol. The molecule has 1 aromatic heterocycles. The molecule has 1 atom stereocenters. The second-order valence-electron chi connectivity index (χ2n) is 4.93. The van der Waals surface area contributed by atoms with Gasteiger partial charge in [-0.1, -0.05) is 41.6 Å². The Balaban J connectivity index is 2.02. The van der Waals surface area contributed by atoms with E-state index in [0.717, 1.165) is 28.6 Å². The lowest BCUT2D eigenvalue weighted by atomic mass is 10.2. The predicted molar refractivity (Wildman–Crippen MR) is 89.2 cm³/mol. The molecule has 0 fully saturated rings. The number of nitrogens with zero attached hydrogens (tertiary/aromatic N) is 4. The van der Waals surface area contributed by atoms with Crippen molar-refractivity contribution in [3.8, 4) is 5.69 Å². The molecule has 2 rings (SSSR count). The number of aromatic nitrogens is 4. The molecule has 1 aromatic carbocycles. The highest BCUT2D eigenvalue weighted by atomic mass is 32.2. The van der Waals surface area contributed by atoms with Gasteiger partial charge in [-0.25, -0.2) is 0 Å². The molecule has 5 nitrogen and oxygen atoms in total. The smallest absolute Gasteiger partial charge is 0.214 e. The van der Waals surface area contributed by atoms with Crippen molar-refractivity contribution in [3.05, 3.63) is 55.1 Å². The summed E-state index contributed by atoms with van der Waals surface area (Å²) >= 11 is 1.58. The van der Waals surface area contributed by atoms with Gasteiger partial charge in [-0.15, -0.1) is 18.3 Å². The van der Waals surface area contributed by atoms with Gasteiger partial charge in [-0.05, 0) is 35.9 Å². The van der Waals surface area contributed by atoms with E-state index < -0.39 is 0 Å². The average molecular weight is 316 g/mol. The van der Waals surface area contributed by atoms with E-state index in [9.17, 15) is 0 Å². The van der Waals surface area contributed by atoms with Crippen molar-refractivity contribution in [2.75, 3.05) is 12.4 Å². The van der Waals surface area contributed by atoms with E-state index in [1.165, 1.54) is 0 Å². The molecule has 2 aromatic rings. The first kappa shape index (κ1) is 16.5. The van der Waals surface area contributed by atoms with Crippen molar-refractivity contribution < 1.29 is 4.74 Å². The van der Waals surface area contributed by atoms with Gasteiger partial charge in [0.2, 0.25) is 5.16 Å². The molecule has 0 amide bonds. The number of benzene rings is 1. The van der Waals surface area contributed by atoms with Crippen molar-refractivity contribution >= 4 is 11.8 Å². The largest absolute Gasteiger partial charge is 0.373 e. The topological polar surface area (TPSA) is 52.8 Å². The molecular formula is C16H20N4OS. The Labute approximate surface area is 135 Å². The fourth-order valence-corrected chi connectivity index (χ4v) is 2.83. The summed E-state index contributed by atoms with van der Waals surface area (Å²) in [5, 5.41) is 12.7. The van der Waals surface area contributed by atoms with Crippen molar-refractivity contribution in [3.63, 3.8) is 0 Å². The Morgan fingerprint density at radius 3 is 2.86 bits per heavy atom. The summed E-state index contributed by atoms with van der Waals surface area (Å²) < 4.78 is 7.50. The van der Waals surface area contributed by atoms with Crippen LogP contribution in [0.3, 0.4) is 0 Å². The van der Waals surface area contributed by atoms with Crippen molar-refractivity contribution in [1.82, 2.24) is 20.2 Å². The minimum atomic E-state index is 0.0708. The second-order valence-corrected chi connectivity index (χ2v) is 5.91. The van der Waals surface area contributed by atoms with Gasteiger partial charge in [0.1, 0.15) is 0 Å². The first-order valence-electron chi connectivity index (χ1n) is 7.04. The van der Waals surface area contributed by atoms with Crippen LogP contribution in [-0.4, -0.2) is 38.7 Å². The minimum absolute atomic E-state index is 0.0708. The molecule has 0 N–H and O–H groups in total. The quantitative estimate of drug-likeness (QED) is 0.525. The molecule has 22 heavy (non-hydrogen) atoms. The van der Waals surface area contributed by atoms with Crippen LogP contribution in [0.1, 0.15) is 13.3 Å². The summed E-state index contributed by atoms with van der Waals surface area (Å²) in [7, 11) is 0. The van der Waals surface area contributed by atoms with Crippen LogP contribution in [0.4, 0.5) is 0 Å². The van der Waals surface area contributed by atoms with E-state index in [0.29, 0.717) is 6.61 Å². The van der Waals surface area contributed by atoms with Crippen LogP contribution in [0, 0.1) is 0 Å². The zero-order valence-corrected chi connectivity index (χ0v) is 13.5. The normalized spacial score (nSPS) is 12.0. The van der Waals surface area contributed by atoms with E-state index in [-0.39, 0.29) is 6.10 Å². The Hall–Kier alpha value is -1.92. The lowest BCUT2D eigenvalue weighted by Crippen LogP contribution is -2.17. The van der Waals surface area contributed by atoms with Gasteiger partial charge < -0.3 is 4.74 Å². The van der Waals surface area contributed by atoms with Crippen LogP contribution in [0.25, 0.3) is 5.69 Å². The maximum absolute atomic E-state index is 5.77. The van der Waals surface area contributed by atoms with E-state index in [1.54, 1.807) is 22.5 Å². The highest BCUT2D eigenvalue weighted by Crippen LogP contribution is 2.21. The zero-order chi connectivity index (χ0) is 15.8. The molecule has 0 saturated heterocycles. The summed E-state index contributed by atoms with van der Waals surface area (Å²) in [6.07, 6.45) is 2.64. The van der Waals surface area contributed by atoms with Gasteiger partial charge in [0.15, 0.2) is 0 Å². The fraction of sp³-hybridized carbons (Fsp3) is 0.312. The van der Waals surface area contributed by atoms with Crippen LogP contribution >= 0.6 is 11.8 Å². The first-order chi connectivity index (χ1) is 10.7. The maximum Gasteiger partial charge on any atom is 0.214 e. The third-order valence-corrected chi connectivity index (χ3v) is 3.92. The summed E-state index contributed by atoms with van der Waals surface area (Å²) in [6, 6.07) is 9.83. The molecule has 1 heterocycles. The maximum atomic E-state index is 5.77. The molecular weight excluding hydrogens is 296 g/mol. The molecule has 0 radical (unpaired) electrons. The third kappa shape index (κ3) is 4.82. The van der Waals surface area contributed by atoms with Gasteiger partial charge in [-0.2, -0.15) is 4.68 Å². The molecule has 0 unspecified atom stereocenters. The molecule has 116 valence electrons. The lowest BCUT2D eigenvalue weighted by molar-refractivity contribution is 0.0924. The SMILES string of the molecule is C=CCO[C@H](CSc1nnnn1-c1ccccc1)CC(=C)C. The van der Waals surface area contributed by atoms with Gasteiger partial charge in [0.05, 0.1) is 18.4 Å². The summed E-state index contributed by atoms with van der Waals surface area (Å²) in [5.41, 5.74) is 2.04. The Morgan fingerprint density at radius 1 is 1.41 bits per heavy atom. The van der Waals surface area contributed by atoms with E-state index in [2.05, 4.69) is 28.7 Å². The van der Waals surface area contributed by atoms with Crippen LogP contribution in [0.15, 0.2) is 60.3 Å². The summed E-state index contributed by atoms with van der Waals surface area (Å²) in [4.78, 5) is 0. The Morgan fingerprint density at radius 2 is 2.18 bits per heavy atom. The van der Waals surface area contributed by atoms with Crippen molar-refractivity contribution in [2.24, 2.45) is 0 Å². The minimum Gasteiger partial charge on any atom is -0.373 e. The van der Waals surface area contributed by atoms with Crippen molar-refractivity contribution in [1.29, 1.82) is 0 Å². The molecule has 0 bridgehead atoms. The van der Waals surface area contributed by atoms with Gasteiger partial charge in [-0.3, -0.25) is 0 Å². The number of tetrazole rings is 1. The molecule has 0 spiro atoms. The highest BCUT2D eigenvalue weighted by molar-refractivity contribution is 7.99. The standard InChI is InChI=1S/C16H20N4OS/c1-4-10-21-15(11-13(2)3)12-22-16-17-18-19-20(16)14-8-6-5-7-9-14/h4-9,15H,1-2,10-12H2,3H3/t15-/m0/s1. The molecule has 0 aliphatic heterocycles. The number of rotatable bonds is 9. The lowest BCUT2D eigenvalue weighted by Gasteiger charge is -2.16. The van der Waals surface area contributed by atoms with Crippen LogP contribution < -0.4 is 0 Å². The number of para-hydroxylation sites is 1. The predicted octanol–water partition coefficient (Wildman–Crippen LogP) is 3.29. The average Bonchev–Trinajstić information content (AvgIpc) is 2.99. The first-order valence-corrected chi connectivity index (χ1v) is 8.02. The van der Waals surface area contributed by atoms with Crippen LogP contribution in [0.5, 0.6) is 0 Å². The molecule has 0 aliphatic rings. The molecule has 6 heteroatoms. The van der Waals surface area contributed by atoms with Gasteiger partial charge >= 0.3 is 0 Å². The second kappa shape index (κ2) is 8.51. The van der Waals surface area contributed by atoms with Crippen LogP contribution in [-0.2, 0) is 4.74 Å². The number of ether oxygens (including phenoxy) is 1. The zero-order valence-electron chi connectivity index (χ0n) is 12.7. The van der Waals surface area contributed by atoms with Gasteiger partial charge in [0, 0.05) is 5.75 Å². The number of hydrogen-bond donors (Lipinski definition) is 0. The van der Waals surface area contributed by atoms with Crippen molar-refractivity contribution in [2.45, 2.75) is 24.6 Å². The Bertz CT molecular complexity index is 612. The van der Waals surface area contributed by atoms with Gasteiger partial charge in [0.25, 0.3) is 0 Å². The van der Waals surface area contributed by atoms with E-state index >= 15 is 0 Å². The Kier molecular flexibility index (Phi) is 6.36. The summed E-state index contributed by atoms with van der Waals surface area (Å²) in [5.74, 6) is 0.758. The molecule has 0 aliphatic carbocycles. The number of thioether (sulfide) groups is 1. The van der Waals surface area contributed by atoms with E-state index in [4.69, 9.17) is 4.74 Å².